The molecule has 2 aromatic carbocycles. The maximum atomic E-state index is 14.7. The molecule has 0 bridgehead atoms. The van der Waals surface area contributed by atoms with E-state index in [2.05, 4.69) is 0 Å². The van der Waals surface area contributed by atoms with Crippen LogP contribution in [-0.2, 0) is 33.7 Å². The van der Waals surface area contributed by atoms with E-state index < -0.39 is 35.5 Å². The third kappa shape index (κ3) is 6.17. The lowest BCUT2D eigenvalue weighted by atomic mass is 10.0. The van der Waals surface area contributed by atoms with Gasteiger partial charge < -0.3 is 19.3 Å². The lowest BCUT2D eigenvalue weighted by molar-refractivity contribution is -0.136. The van der Waals surface area contributed by atoms with E-state index in [1.54, 1.807) is 18.9 Å². The van der Waals surface area contributed by atoms with Gasteiger partial charge >= 0.3 is 5.69 Å². The van der Waals surface area contributed by atoms with E-state index >= 15 is 0 Å². The van der Waals surface area contributed by atoms with Crippen LogP contribution in [-0.4, -0.2) is 77.3 Å². The van der Waals surface area contributed by atoms with Gasteiger partial charge in [-0.15, -0.1) is 0 Å². The van der Waals surface area contributed by atoms with Crippen molar-refractivity contribution in [3.8, 4) is 16.9 Å². The van der Waals surface area contributed by atoms with Gasteiger partial charge in [0, 0.05) is 44.5 Å². The quantitative estimate of drug-likeness (QED) is 0.389. The van der Waals surface area contributed by atoms with E-state index in [4.69, 9.17) is 9.47 Å². The van der Waals surface area contributed by atoms with Gasteiger partial charge in [0.05, 0.1) is 31.7 Å². The van der Waals surface area contributed by atoms with Crippen molar-refractivity contribution in [2.75, 3.05) is 40.5 Å². The zero-order chi connectivity index (χ0) is 31.5. The Morgan fingerprint density at radius 2 is 1.75 bits per heavy atom. The zero-order valence-corrected chi connectivity index (χ0v) is 25.1. The number of piperidine rings is 1. The largest absolute Gasteiger partial charge is 0.497 e. The maximum absolute atomic E-state index is 14.7. The highest BCUT2D eigenvalue weighted by atomic mass is 19.2. The molecule has 3 aromatic rings. The summed E-state index contributed by atoms with van der Waals surface area (Å²) in [6.07, 6.45) is 3.30. The number of carbonyl (C=O) groups is 2. The number of rotatable bonds is 8. The van der Waals surface area contributed by atoms with Crippen molar-refractivity contribution < 1.29 is 27.8 Å². The van der Waals surface area contributed by atoms with Crippen LogP contribution in [0.15, 0.2) is 52.2 Å². The minimum absolute atomic E-state index is 0.0134. The van der Waals surface area contributed by atoms with Crippen LogP contribution in [0.3, 0.4) is 0 Å². The van der Waals surface area contributed by atoms with Crippen LogP contribution in [0.1, 0.15) is 36.9 Å². The molecule has 0 saturated carbocycles. The van der Waals surface area contributed by atoms with Gasteiger partial charge in [-0.1, -0.05) is 18.2 Å². The molecule has 0 aliphatic carbocycles. The number of ether oxygens (including phenoxy) is 2. The molecule has 0 N–H and O–H groups in total. The summed E-state index contributed by atoms with van der Waals surface area (Å²) < 4.78 is 41.2. The van der Waals surface area contributed by atoms with Gasteiger partial charge in [-0.3, -0.25) is 23.5 Å². The standard InChI is InChI=1S/C32H36F2N4O6/c1-20(19-43-2)38-31(41)26(25-5-4-6-27(33)30(25)34)17-36(32(38)42)18-29(40)35-12-10-23(11-13-35)37-14-9-22-15-24(44-3)8-7-21(22)16-28(37)39/h4-8,15,17,20,23H,9-14,16,18-19H2,1-3H3/t20-/m0/s1. The second-order valence-electron chi connectivity index (χ2n) is 11.3. The molecule has 1 atom stereocenters. The molecule has 2 aliphatic heterocycles. The van der Waals surface area contributed by atoms with Gasteiger partial charge in [0.25, 0.3) is 5.56 Å². The number of methoxy groups -OCH3 is 2. The highest BCUT2D eigenvalue weighted by Gasteiger charge is 2.32. The summed E-state index contributed by atoms with van der Waals surface area (Å²) in [6, 6.07) is 8.47. The molecular weight excluding hydrogens is 574 g/mol. The Labute approximate surface area is 253 Å². The molecular formula is C32H36F2N4O6. The average Bonchev–Trinajstić information content (AvgIpc) is 3.17. The van der Waals surface area contributed by atoms with Crippen molar-refractivity contribution in [3.63, 3.8) is 0 Å². The van der Waals surface area contributed by atoms with Gasteiger partial charge in [-0.05, 0) is 55.5 Å². The number of hydrogen-bond acceptors (Lipinski definition) is 6. The Kier molecular flexibility index (Phi) is 9.28. The minimum Gasteiger partial charge on any atom is -0.497 e. The molecule has 0 unspecified atom stereocenters. The highest BCUT2D eigenvalue weighted by Crippen LogP contribution is 2.26. The Hall–Kier alpha value is -4.32. The summed E-state index contributed by atoms with van der Waals surface area (Å²) in [5.74, 6) is -1.91. The molecule has 1 saturated heterocycles. The molecule has 44 heavy (non-hydrogen) atoms. The van der Waals surface area contributed by atoms with E-state index in [1.165, 1.54) is 19.2 Å². The maximum Gasteiger partial charge on any atom is 0.331 e. The van der Waals surface area contributed by atoms with Crippen molar-refractivity contribution >= 4 is 11.8 Å². The Bertz CT molecular complexity index is 1680. The van der Waals surface area contributed by atoms with E-state index in [0.29, 0.717) is 45.3 Å². The zero-order valence-electron chi connectivity index (χ0n) is 25.1. The molecule has 12 heteroatoms. The van der Waals surface area contributed by atoms with Crippen molar-refractivity contribution in [2.24, 2.45) is 0 Å². The number of aromatic nitrogens is 2. The summed E-state index contributed by atoms with van der Waals surface area (Å²) in [5, 5.41) is 0. The molecule has 2 amide bonds. The third-order valence-corrected chi connectivity index (χ3v) is 8.54. The van der Waals surface area contributed by atoms with Crippen molar-refractivity contribution in [1.82, 2.24) is 18.9 Å². The Morgan fingerprint density at radius 3 is 2.45 bits per heavy atom. The first-order chi connectivity index (χ1) is 21.1. The van der Waals surface area contributed by atoms with Crippen molar-refractivity contribution in [2.45, 2.75) is 51.2 Å². The fourth-order valence-electron chi connectivity index (χ4n) is 6.16. The van der Waals surface area contributed by atoms with Crippen LogP contribution >= 0.6 is 0 Å². The molecule has 5 rings (SSSR count). The second-order valence-corrected chi connectivity index (χ2v) is 11.3. The van der Waals surface area contributed by atoms with Gasteiger partial charge in [-0.25, -0.2) is 13.6 Å². The van der Waals surface area contributed by atoms with Gasteiger partial charge in [-0.2, -0.15) is 0 Å². The fourth-order valence-corrected chi connectivity index (χ4v) is 6.16. The number of halogens is 2. The average molecular weight is 611 g/mol. The Balaban J connectivity index is 1.32. The molecule has 2 aliphatic rings. The number of carbonyl (C=O) groups excluding carboxylic acids is 2. The van der Waals surface area contributed by atoms with Crippen molar-refractivity contribution in [3.05, 3.63) is 86.2 Å². The van der Waals surface area contributed by atoms with Crippen LogP contribution in [0.4, 0.5) is 8.78 Å². The monoisotopic (exact) mass is 610 g/mol. The number of likely N-dealkylation sites (tertiary alicyclic amines) is 1. The first-order valence-electron chi connectivity index (χ1n) is 14.6. The number of benzene rings is 2. The number of nitrogens with zero attached hydrogens (tertiary/aromatic N) is 4. The van der Waals surface area contributed by atoms with E-state index in [0.717, 1.165) is 38.3 Å². The second kappa shape index (κ2) is 13.1. The smallest absolute Gasteiger partial charge is 0.331 e. The van der Waals surface area contributed by atoms with Crippen LogP contribution < -0.4 is 16.0 Å². The predicted molar refractivity (Wildman–Crippen MR) is 159 cm³/mol. The molecule has 234 valence electrons. The summed E-state index contributed by atoms with van der Waals surface area (Å²) in [4.78, 5) is 56.8. The lowest BCUT2D eigenvalue weighted by Gasteiger charge is -2.38. The molecule has 1 fully saturated rings. The van der Waals surface area contributed by atoms with Gasteiger partial charge in [0.1, 0.15) is 12.3 Å². The normalized spacial score (nSPS) is 16.4. The van der Waals surface area contributed by atoms with Crippen LogP contribution in [0.2, 0.25) is 0 Å². The van der Waals surface area contributed by atoms with Gasteiger partial charge in [0.15, 0.2) is 11.6 Å². The number of fused-ring (bicyclic) bond motifs is 1. The summed E-state index contributed by atoms with van der Waals surface area (Å²) in [6.45, 7) is 2.55. The third-order valence-electron chi connectivity index (χ3n) is 8.54. The lowest BCUT2D eigenvalue weighted by Crippen LogP contribution is -2.50. The first kappa shape index (κ1) is 31.1. The number of hydrogen-bond donors (Lipinski definition) is 0. The summed E-state index contributed by atoms with van der Waals surface area (Å²) in [5.41, 5.74) is -0.0228. The van der Waals surface area contributed by atoms with E-state index in [1.807, 2.05) is 23.1 Å². The van der Waals surface area contributed by atoms with Crippen molar-refractivity contribution in [1.29, 1.82) is 0 Å². The highest BCUT2D eigenvalue weighted by molar-refractivity contribution is 5.80. The summed E-state index contributed by atoms with van der Waals surface area (Å²) in [7, 11) is 3.03. The molecule has 0 spiro atoms. The predicted octanol–water partition coefficient (Wildman–Crippen LogP) is 2.79. The molecule has 3 heterocycles. The molecule has 1 aromatic heterocycles. The summed E-state index contributed by atoms with van der Waals surface area (Å²) >= 11 is 0. The SMILES string of the molecule is COC[C@H](C)n1c(=O)c(-c2cccc(F)c2F)cn(CC(=O)N2CCC(N3CCc4cc(OC)ccc4CC3=O)CC2)c1=O. The Morgan fingerprint density at radius 1 is 1.00 bits per heavy atom. The molecule has 0 radical (unpaired) electrons. The number of amides is 2. The topological polar surface area (TPSA) is 103 Å². The van der Waals surface area contributed by atoms with E-state index in [9.17, 15) is 28.0 Å². The van der Waals surface area contributed by atoms with Crippen LogP contribution in [0.5, 0.6) is 5.75 Å². The van der Waals surface area contributed by atoms with Gasteiger partial charge in [0.2, 0.25) is 11.8 Å². The van der Waals surface area contributed by atoms with E-state index in [-0.39, 0.29) is 35.6 Å². The molecule has 10 nitrogen and oxygen atoms in total. The minimum atomic E-state index is -1.22. The van der Waals surface area contributed by atoms with Crippen LogP contribution in [0, 0.1) is 11.6 Å². The van der Waals surface area contributed by atoms with Crippen LogP contribution in [0.25, 0.3) is 11.1 Å². The first-order valence-corrected chi connectivity index (χ1v) is 14.6. The fraction of sp³-hybridized carbons (Fsp3) is 0.438.